The van der Waals surface area contributed by atoms with E-state index in [1.165, 1.54) is 23.1 Å². The Labute approximate surface area is 216 Å². The van der Waals surface area contributed by atoms with Crippen LogP contribution in [0.15, 0.2) is 42.5 Å². The smallest absolute Gasteiger partial charge is 0.244 e. The fourth-order valence-corrected chi connectivity index (χ4v) is 4.82. The van der Waals surface area contributed by atoms with E-state index in [-0.39, 0.29) is 23.2 Å². The molecule has 2 amide bonds. The third kappa shape index (κ3) is 7.77. The molecule has 186 valence electrons. The van der Waals surface area contributed by atoms with Crippen molar-refractivity contribution >= 4 is 62.3 Å². The van der Waals surface area contributed by atoms with E-state index in [0.717, 1.165) is 23.4 Å². The van der Waals surface area contributed by atoms with Gasteiger partial charge >= 0.3 is 0 Å². The van der Waals surface area contributed by atoms with E-state index in [2.05, 4.69) is 5.32 Å². The number of carbonyl (C=O) groups excluding carboxylic acids is 2. The summed E-state index contributed by atoms with van der Waals surface area (Å²) in [5.41, 5.74) is 0.737. The minimum Gasteiger partial charge on any atom is -0.354 e. The van der Waals surface area contributed by atoms with Crippen molar-refractivity contribution in [1.82, 2.24) is 10.2 Å². The molecular weight excluding hydrogens is 521 g/mol. The van der Waals surface area contributed by atoms with Crippen LogP contribution in [-0.4, -0.2) is 50.5 Å². The van der Waals surface area contributed by atoms with Crippen molar-refractivity contribution < 1.29 is 18.0 Å². The molecule has 2 rings (SSSR count). The lowest BCUT2D eigenvalue weighted by atomic mass is 10.1. The molecule has 2 aromatic carbocycles. The maximum absolute atomic E-state index is 13.5. The highest BCUT2D eigenvalue weighted by Crippen LogP contribution is 2.30. The number of hydrogen-bond acceptors (Lipinski definition) is 4. The highest BCUT2D eigenvalue weighted by Gasteiger charge is 2.31. The van der Waals surface area contributed by atoms with E-state index in [0.29, 0.717) is 22.2 Å². The Kier molecular flexibility index (Phi) is 10.5. The van der Waals surface area contributed by atoms with Crippen LogP contribution in [0.3, 0.4) is 0 Å². The Bertz CT molecular complexity index is 1130. The predicted octanol–water partition coefficient (Wildman–Crippen LogP) is 4.75. The lowest BCUT2D eigenvalue weighted by molar-refractivity contribution is -0.139. The van der Waals surface area contributed by atoms with Gasteiger partial charge in [-0.2, -0.15) is 0 Å². The van der Waals surface area contributed by atoms with Crippen molar-refractivity contribution in [3.63, 3.8) is 0 Å². The number of halogens is 3. The van der Waals surface area contributed by atoms with Crippen molar-refractivity contribution in [3.8, 4) is 0 Å². The number of rotatable bonds is 11. The molecule has 0 aliphatic rings. The molecule has 0 aliphatic carbocycles. The van der Waals surface area contributed by atoms with Gasteiger partial charge in [0.15, 0.2) is 0 Å². The van der Waals surface area contributed by atoms with Crippen LogP contribution in [0.1, 0.15) is 32.3 Å². The number of nitrogens with one attached hydrogen (secondary N) is 1. The Balaban J connectivity index is 2.39. The van der Waals surface area contributed by atoms with E-state index in [1.807, 2.05) is 6.92 Å². The molecule has 0 saturated heterocycles. The lowest BCUT2D eigenvalue weighted by Gasteiger charge is -2.32. The third-order valence-corrected chi connectivity index (χ3v) is 7.19. The molecule has 0 aliphatic heterocycles. The maximum Gasteiger partial charge on any atom is 0.244 e. The molecule has 0 radical (unpaired) electrons. The minimum atomic E-state index is -3.89. The van der Waals surface area contributed by atoms with Crippen molar-refractivity contribution in [2.45, 2.75) is 39.3 Å². The Hall–Kier alpha value is -2.00. The first-order valence-corrected chi connectivity index (χ1v) is 13.7. The van der Waals surface area contributed by atoms with Gasteiger partial charge in [-0.1, -0.05) is 66.3 Å². The summed E-state index contributed by atoms with van der Waals surface area (Å²) >= 11 is 18.5. The number of anilines is 1. The first-order chi connectivity index (χ1) is 16.0. The third-order valence-electron chi connectivity index (χ3n) is 5.15. The van der Waals surface area contributed by atoms with Crippen molar-refractivity contribution in [2.24, 2.45) is 0 Å². The van der Waals surface area contributed by atoms with E-state index < -0.39 is 28.5 Å². The largest absolute Gasteiger partial charge is 0.354 e. The van der Waals surface area contributed by atoms with Crippen molar-refractivity contribution in [3.05, 3.63) is 63.1 Å². The van der Waals surface area contributed by atoms with Crippen molar-refractivity contribution in [1.29, 1.82) is 0 Å². The minimum absolute atomic E-state index is 0.0207. The molecule has 0 aromatic heterocycles. The van der Waals surface area contributed by atoms with E-state index in [4.69, 9.17) is 34.8 Å². The first-order valence-electron chi connectivity index (χ1n) is 10.7. The van der Waals surface area contributed by atoms with Gasteiger partial charge in [0.2, 0.25) is 21.8 Å². The van der Waals surface area contributed by atoms with Crippen molar-refractivity contribution in [2.75, 3.05) is 23.7 Å². The van der Waals surface area contributed by atoms with Crippen LogP contribution in [0, 0.1) is 0 Å². The molecule has 0 saturated carbocycles. The average molecular weight is 549 g/mol. The van der Waals surface area contributed by atoms with Crippen LogP contribution in [0.25, 0.3) is 0 Å². The SMILES string of the molecule is CCCCNC(=O)C(C)N(Cc1ccccc1Cl)C(=O)CN(c1ccc(Cl)cc1Cl)S(C)(=O)=O. The van der Waals surface area contributed by atoms with E-state index >= 15 is 0 Å². The van der Waals surface area contributed by atoms with Crippen LogP contribution in [0.4, 0.5) is 5.69 Å². The molecule has 11 heteroatoms. The van der Waals surface area contributed by atoms with Gasteiger partial charge in [-0.05, 0) is 43.2 Å². The van der Waals surface area contributed by atoms with Crippen LogP contribution in [-0.2, 0) is 26.2 Å². The molecule has 0 bridgehead atoms. The van der Waals surface area contributed by atoms with E-state index in [9.17, 15) is 18.0 Å². The van der Waals surface area contributed by atoms with Gasteiger partial charge in [0.05, 0.1) is 17.0 Å². The fourth-order valence-electron chi connectivity index (χ4n) is 3.21. The monoisotopic (exact) mass is 547 g/mol. The summed E-state index contributed by atoms with van der Waals surface area (Å²) in [6.45, 7) is 3.54. The molecule has 0 heterocycles. The summed E-state index contributed by atoms with van der Waals surface area (Å²) < 4.78 is 26.1. The molecule has 0 spiro atoms. The van der Waals surface area contributed by atoms with Crippen LogP contribution >= 0.6 is 34.8 Å². The van der Waals surface area contributed by atoms with Gasteiger partial charge in [0.25, 0.3) is 0 Å². The zero-order valence-corrected chi connectivity index (χ0v) is 22.3. The second-order valence-electron chi connectivity index (χ2n) is 7.80. The second kappa shape index (κ2) is 12.6. The first kappa shape index (κ1) is 28.2. The molecule has 0 fully saturated rings. The zero-order valence-electron chi connectivity index (χ0n) is 19.2. The molecule has 2 aromatic rings. The number of unbranched alkanes of at least 4 members (excludes halogenated alkanes) is 1. The summed E-state index contributed by atoms with van der Waals surface area (Å²) in [7, 11) is -3.89. The number of benzene rings is 2. The molecule has 1 N–H and O–H groups in total. The standard InChI is InChI=1S/C23H28Cl3N3O4S/c1-4-5-12-27-23(31)16(2)28(14-17-8-6-7-9-19(17)25)22(30)15-29(34(3,32)33)21-11-10-18(24)13-20(21)26/h6-11,13,16H,4-5,12,14-15H2,1-3H3,(H,27,31). The highest BCUT2D eigenvalue weighted by molar-refractivity contribution is 7.92. The average Bonchev–Trinajstić information content (AvgIpc) is 2.76. The molecule has 1 atom stereocenters. The van der Waals surface area contributed by atoms with Crippen LogP contribution in [0.5, 0.6) is 0 Å². The number of nitrogens with zero attached hydrogens (tertiary/aromatic N) is 2. The lowest BCUT2D eigenvalue weighted by Crippen LogP contribution is -2.51. The van der Waals surface area contributed by atoms with Crippen LogP contribution in [0.2, 0.25) is 15.1 Å². The molecule has 34 heavy (non-hydrogen) atoms. The highest BCUT2D eigenvalue weighted by atomic mass is 35.5. The van der Waals surface area contributed by atoms with Gasteiger partial charge in [-0.3, -0.25) is 13.9 Å². The van der Waals surface area contributed by atoms with Crippen LogP contribution < -0.4 is 9.62 Å². The van der Waals surface area contributed by atoms with Gasteiger partial charge in [0, 0.05) is 23.1 Å². The number of amides is 2. The quantitative estimate of drug-likeness (QED) is 0.411. The fraction of sp³-hybridized carbons (Fsp3) is 0.391. The maximum atomic E-state index is 13.5. The number of carbonyl (C=O) groups is 2. The topological polar surface area (TPSA) is 86.8 Å². The second-order valence-corrected chi connectivity index (χ2v) is 11.0. The van der Waals surface area contributed by atoms with E-state index in [1.54, 1.807) is 31.2 Å². The Morgan fingerprint density at radius 2 is 1.74 bits per heavy atom. The zero-order chi connectivity index (χ0) is 25.5. The Morgan fingerprint density at radius 3 is 2.32 bits per heavy atom. The summed E-state index contributed by atoms with van der Waals surface area (Å²) in [5.74, 6) is -0.932. The summed E-state index contributed by atoms with van der Waals surface area (Å²) in [4.78, 5) is 27.6. The molecule has 7 nitrogen and oxygen atoms in total. The molecule has 1 unspecified atom stereocenters. The number of sulfonamides is 1. The number of hydrogen-bond donors (Lipinski definition) is 1. The van der Waals surface area contributed by atoms with Gasteiger partial charge in [-0.25, -0.2) is 8.42 Å². The van der Waals surface area contributed by atoms with Gasteiger partial charge in [0.1, 0.15) is 12.6 Å². The molecular formula is C23H28Cl3N3O4S. The summed E-state index contributed by atoms with van der Waals surface area (Å²) in [6.07, 6.45) is 2.68. The Morgan fingerprint density at radius 1 is 1.06 bits per heavy atom. The predicted molar refractivity (Wildman–Crippen MR) is 138 cm³/mol. The normalized spacial score (nSPS) is 12.2. The summed E-state index contributed by atoms with van der Waals surface area (Å²) in [5, 5.41) is 3.65. The van der Waals surface area contributed by atoms with Gasteiger partial charge in [-0.15, -0.1) is 0 Å². The van der Waals surface area contributed by atoms with Gasteiger partial charge < -0.3 is 10.2 Å². The summed E-state index contributed by atoms with van der Waals surface area (Å²) in [6, 6.07) is 10.4.